The Morgan fingerprint density at radius 1 is 0.500 bits per heavy atom. The molecule has 0 aromatic rings. The van der Waals surface area contributed by atoms with Crippen LogP contribution in [0.5, 0.6) is 0 Å². The number of hydrogen-bond acceptors (Lipinski definition) is 1. The minimum absolute atomic E-state index is 0.156. The molecule has 1 nitrogen and oxygen atoms in total. The Labute approximate surface area is 163 Å². The monoisotopic (exact) mass is 358 g/mol. The third kappa shape index (κ3) is 16.1. The fraction of sp³-hybridized carbons (Fsp3) is 0.600. The number of aliphatic hydroxyl groups is 1. The number of unbranched alkanes of at least 4 members (excludes halogenated alkanes) is 1. The van der Waals surface area contributed by atoms with Crippen LogP contribution in [-0.2, 0) is 0 Å². The average Bonchev–Trinajstić information content (AvgIpc) is 2.57. The minimum Gasteiger partial charge on any atom is -0.392 e. The lowest BCUT2D eigenvalue weighted by molar-refractivity contribution is 0.341. The van der Waals surface area contributed by atoms with Crippen LogP contribution in [0.3, 0.4) is 0 Å². The molecule has 0 aromatic carbocycles. The van der Waals surface area contributed by atoms with Crippen molar-refractivity contribution in [3.63, 3.8) is 0 Å². The van der Waals surface area contributed by atoms with E-state index in [9.17, 15) is 0 Å². The number of aliphatic hydroxyl groups excluding tert-OH is 1. The molecule has 148 valence electrons. The Balaban J connectivity index is 4.01. The summed E-state index contributed by atoms with van der Waals surface area (Å²) in [6.45, 7) is 13.3. The maximum absolute atomic E-state index is 8.87. The molecule has 0 bridgehead atoms. The van der Waals surface area contributed by atoms with Gasteiger partial charge in [-0.15, -0.1) is 0 Å². The Morgan fingerprint density at radius 3 is 1.35 bits per heavy atom. The van der Waals surface area contributed by atoms with Crippen molar-refractivity contribution in [2.75, 3.05) is 6.61 Å². The van der Waals surface area contributed by atoms with E-state index in [0.29, 0.717) is 0 Å². The van der Waals surface area contributed by atoms with Crippen molar-refractivity contribution in [1.29, 1.82) is 0 Å². The number of hydrogen-bond donors (Lipinski definition) is 1. The van der Waals surface area contributed by atoms with E-state index >= 15 is 0 Å². The van der Waals surface area contributed by atoms with Crippen LogP contribution in [0.25, 0.3) is 0 Å². The fourth-order valence-electron chi connectivity index (χ4n) is 2.75. The summed E-state index contributed by atoms with van der Waals surface area (Å²) in [4.78, 5) is 0. The molecule has 0 spiro atoms. The highest BCUT2D eigenvalue weighted by atomic mass is 16.2. The summed E-state index contributed by atoms with van der Waals surface area (Å²) in [5.74, 6) is 0. The van der Waals surface area contributed by atoms with Crippen molar-refractivity contribution in [2.45, 2.75) is 92.9 Å². The minimum atomic E-state index is 0.156. The molecule has 0 aliphatic heterocycles. The van der Waals surface area contributed by atoms with Gasteiger partial charge in [-0.25, -0.2) is 0 Å². The van der Waals surface area contributed by atoms with Crippen LogP contribution in [0, 0.1) is 0 Å². The standard InChI is InChI=1S/C25H42O/c1-21(2)11-9-14-23(4)16-10-15-22(3)12-7-8-13-24(5)17-18-25(6)19-20-26/h11-13,16,19,26H,7-10,14-15,17-18,20H2,1-6H3/b22-12+,23-16+,24-13+,25-19+. The molecule has 0 aliphatic rings. The van der Waals surface area contributed by atoms with Crippen LogP contribution < -0.4 is 0 Å². The quantitative estimate of drug-likeness (QED) is 0.262. The Hall–Kier alpha value is -1.34. The zero-order valence-corrected chi connectivity index (χ0v) is 18.2. The lowest BCUT2D eigenvalue weighted by Gasteiger charge is -2.03. The van der Waals surface area contributed by atoms with Crippen molar-refractivity contribution in [1.82, 2.24) is 0 Å². The Bertz CT molecular complexity index is 522. The van der Waals surface area contributed by atoms with Crippen molar-refractivity contribution in [3.8, 4) is 0 Å². The van der Waals surface area contributed by atoms with E-state index < -0.39 is 0 Å². The second kappa shape index (κ2) is 15.9. The summed E-state index contributed by atoms with van der Waals surface area (Å²) in [5.41, 5.74) is 7.17. The van der Waals surface area contributed by atoms with Crippen LogP contribution >= 0.6 is 0 Å². The lowest BCUT2D eigenvalue weighted by Crippen LogP contribution is -1.84. The van der Waals surface area contributed by atoms with Gasteiger partial charge in [0.1, 0.15) is 0 Å². The average molecular weight is 359 g/mol. The highest BCUT2D eigenvalue weighted by Crippen LogP contribution is 2.14. The number of allylic oxidation sites excluding steroid dienone is 9. The van der Waals surface area contributed by atoms with Gasteiger partial charge in [-0.1, -0.05) is 58.2 Å². The summed E-state index contributed by atoms with van der Waals surface area (Å²) in [5, 5.41) is 8.87. The van der Waals surface area contributed by atoms with Crippen molar-refractivity contribution in [3.05, 3.63) is 58.2 Å². The molecule has 0 amide bonds. The van der Waals surface area contributed by atoms with Gasteiger partial charge in [0.25, 0.3) is 0 Å². The molecule has 1 heteroatoms. The van der Waals surface area contributed by atoms with Crippen LogP contribution in [-0.4, -0.2) is 11.7 Å². The molecule has 0 saturated carbocycles. The molecule has 0 fully saturated rings. The predicted molar refractivity (Wildman–Crippen MR) is 118 cm³/mol. The normalized spacial score (nSPS) is 14.0. The Kier molecular flexibility index (Phi) is 15.1. The van der Waals surface area contributed by atoms with Crippen LogP contribution in [0.2, 0.25) is 0 Å². The molecule has 0 atom stereocenters. The maximum atomic E-state index is 8.87. The first-order valence-corrected chi connectivity index (χ1v) is 10.2. The largest absolute Gasteiger partial charge is 0.392 e. The highest BCUT2D eigenvalue weighted by Gasteiger charge is 1.94. The van der Waals surface area contributed by atoms with Gasteiger partial charge in [0.15, 0.2) is 0 Å². The van der Waals surface area contributed by atoms with Gasteiger partial charge >= 0.3 is 0 Å². The molecular formula is C25H42O. The van der Waals surface area contributed by atoms with Crippen molar-refractivity contribution < 1.29 is 5.11 Å². The predicted octanol–water partition coefficient (Wildman–Crippen LogP) is 7.85. The van der Waals surface area contributed by atoms with Gasteiger partial charge in [-0.05, 0) is 92.9 Å². The maximum Gasteiger partial charge on any atom is 0.0614 e. The van der Waals surface area contributed by atoms with E-state index in [0.717, 1.165) is 32.1 Å². The van der Waals surface area contributed by atoms with E-state index in [1.807, 2.05) is 6.08 Å². The second-order valence-corrected chi connectivity index (χ2v) is 7.82. The van der Waals surface area contributed by atoms with Gasteiger partial charge in [-0.3, -0.25) is 0 Å². The van der Waals surface area contributed by atoms with Crippen LogP contribution in [0.4, 0.5) is 0 Å². The first-order chi connectivity index (χ1) is 12.3. The SMILES string of the molecule is CC(C)=CCC/C(C)=C/CC/C(C)=C/CC/C=C(\C)CC/C(C)=C/CO. The van der Waals surface area contributed by atoms with Crippen molar-refractivity contribution >= 4 is 0 Å². The molecule has 0 rings (SSSR count). The van der Waals surface area contributed by atoms with Crippen LogP contribution in [0.1, 0.15) is 92.9 Å². The van der Waals surface area contributed by atoms with Gasteiger partial charge in [0.05, 0.1) is 6.61 Å². The molecule has 0 saturated heterocycles. The number of rotatable bonds is 13. The highest BCUT2D eigenvalue weighted by molar-refractivity contribution is 5.08. The molecule has 0 heterocycles. The van der Waals surface area contributed by atoms with E-state index in [2.05, 4.69) is 65.8 Å². The van der Waals surface area contributed by atoms with Gasteiger partial charge < -0.3 is 5.11 Å². The van der Waals surface area contributed by atoms with E-state index in [1.165, 1.54) is 47.1 Å². The van der Waals surface area contributed by atoms with Gasteiger partial charge in [0.2, 0.25) is 0 Å². The summed E-state index contributed by atoms with van der Waals surface area (Å²) in [6, 6.07) is 0. The molecule has 0 radical (unpaired) electrons. The summed E-state index contributed by atoms with van der Waals surface area (Å²) in [7, 11) is 0. The summed E-state index contributed by atoms with van der Waals surface area (Å²) in [6.07, 6.45) is 20.5. The fourth-order valence-corrected chi connectivity index (χ4v) is 2.75. The van der Waals surface area contributed by atoms with E-state index in [4.69, 9.17) is 5.11 Å². The van der Waals surface area contributed by atoms with Gasteiger partial charge in [0, 0.05) is 0 Å². The molecule has 0 aliphatic carbocycles. The summed E-state index contributed by atoms with van der Waals surface area (Å²) < 4.78 is 0. The van der Waals surface area contributed by atoms with Gasteiger partial charge in [-0.2, -0.15) is 0 Å². The molecule has 26 heavy (non-hydrogen) atoms. The zero-order chi connectivity index (χ0) is 19.8. The Morgan fingerprint density at radius 2 is 0.885 bits per heavy atom. The smallest absolute Gasteiger partial charge is 0.0614 e. The van der Waals surface area contributed by atoms with Crippen LogP contribution in [0.15, 0.2) is 58.2 Å². The third-order valence-electron chi connectivity index (χ3n) is 4.63. The first kappa shape index (κ1) is 24.7. The second-order valence-electron chi connectivity index (χ2n) is 7.82. The van der Waals surface area contributed by atoms with E-state index in [1.54, 1.807) is 0 Å². The molecule has 1 N–H and O–H groups in total. The molecule has 0 unspecified atom stereocenters. The van der Waals surface area contributed by atoms with Crippen molar-refractivity contribution in [2.24, 2.45) is 0 Å². The topological polar surface area (TPSA) is 20.2 Å². The molecular weight excluding hydrogens is 316 g/mol. The van der Waals surface area contributed by atoms with E-state index in [-0.39, 0.29) is 6.61 Å². The molecule has 0 aromatic heterocycles. The zero-order valence-electron chi connectivity index (χ0n) is 18.2. The lowest BCUT2D eigenvalue weighted by atomic mass is 10.0. The first-order valence-electron chi connectivity index (χ1n) is 10.2. The third-order valence-corrected chi connectivity index (χ3v) is 4.63. The summed E-state index contributed by atoms with van der Waals surface area (Å²) >= 11 is 0.